The minimum atomic E-state index is -0.749. The van der Waals surface area contributed by atoms with Crippen molar-refractivity contribution < 1.29 is 9.21 Å². The zero-order valence-corrected chi connectivity index (χ0v) is 19.2. The SMILES string of the molecule is Nc1nc2c(cnn2[C@H](C(=O)NCCc2ccccc2)c2ccccc2)c2nc(-c3ccco3)nn12. The summed E-state index contributed by atoms with van der Waals surface area (Å²) in [6.07, 6.45) is 3.90. The van der Waals surface area contributed by atoms with E-state index >= 15 is 0 Å². The van der Waals surface area contributed by atoms with E-state index in [1.54, 1.807) is 29.3 Å². The Morgan fingerprint density at radius 1 is 0.972 bits per heavy atom. The summed E-state index contributed by atoms with van der Waals surface area (Å²) >= 11 is 0. The van der Waals surface area contributed by atoms with Gasteiger partial charge in [0, 0.05) is 6.54 Å². The van der Waals surface area contributed by atoms with Gasteiger partial charge in [-0.15, -0.1) is 5.10 Å². The Kier molecular flexibility index (Phi) is 5.38. The van der Waals surface area contributed by atoms with Crippen LogP contribution in [0.1, 0.15) is 17.2 Å². The van der Waals surface area contributed by atoms with Crippen molar-refractivity contribution in [3.05, 3.63) is 96.4 Å². The topological polar surface area (TPSA) is 129 Å². The lowest BCUT2D eigenvalue weighted by atomic mass is 10.1. The number of carbonyl (C=O) groups is 1. The molecule has 4 heterocycles. The maximum Gasteiger partial charge on any atom is 0.249 e. The number of rotatable bonds is 7. The summed E-state index contributed by atoms with van der Waals surface area (Å²) in [5.74, 6) is 0.826. The van der Waals surface area contributed by atoms with E-state index in [9.17, 15) is 4.79 Å². The van der Waals surface area contributed by atoms with Crippen LogP contribution >= 0.6 is 0 Å². The van der Waals surface area contributed by atoms with Gasteiger partial charge in [-0.05, 0) is 29.7 Å². The van der Waals surface area contributed by atoms with E-state index in [4.69, 9.17) is 10.2 Å². The molecule has 3 N–H and O–H groups in total. The van der Waals surface area contributed by atoms with Crippen LogP contribution in [-0.4, -0.2) is 41.8 Å². The number of nitrogens with two attached hydrogens (primary N) is 1. The number of anilines is 1. The van der Waals surface area contributed by atoms with Crippen LogP contribution in [0.15, 0.2) is 89.7 Å². The Bertz CT molecular complexity index is 1640. The lowest BCUT2D eigenvalue weighted by Crippen LogP contribution is -2.35. The van der Waals surface area contributed by atoms with Gasteiger partial charge in [-0.3, -0.25) is 4.79 Å². The number of amides is 1. The first kappa shape index (κ1) is 21.5. The Labute approximate surface area is 205 Å². The molecule has 0 aliphatic heterocycles. The molecule has 4 aromatic heterocycles. The van der Waals surface area contributed by atoms with Crippen molar-refractivity contribution in [2.75, 3.05) is 12.3 Å². The van der Waals surface area contributed by atoms with Gasteiger partial charge in [-0.1, -0.05) is 60.7 Å². The van der Waals surface area contributed by atoms with E-state index < -0.39 is 6.04 Å². The highest BCUT2D eigenvalue weighted by molar-refractivity contribution is 5.92. The molecular weight excluding hydrogens is 456 g/mol. The molecule has 6 aromatic rings. The summed E-state index contributed by atoms with van der Waals surface area (Å²) in [7, 11) is 0. The number of fused-ring (bicyclic) bond motifs is 3. The molecule has 0 aliphatic carbocycles. The molecule has 36 heavy (non-hydrogen) atoms. The van der Waals surface area contributed by atoms with Gasteiger partial charge in [0.2, 0.25) is 17.7 Å². The molecular formula is C26H22N8O2. The van der Waals surface area contributed by atoms with Crippen LogP contribution in [0, 0.1) is 0 Å². The van der Waals surface area contributed by atoms with E-state index in [0.717, 1.165) is 17.5 Å². The number of aromatic nitrogens is 6. The fourth-order valence-corrected chi connectivity index (χ4v) is 4.24. The molecule has 10 heteroatoms. The highest BCUT2D eigenvalue weighted by atomic mass is 16.3. The fraction of sp³-hybridized carbons (Fsp3) is 0.115. The third kappa shape index (κ3) is 3.84. The Morgan fingerprint density at radius 2 is 1.75 bits per heavy atom. The van der Waals surface area contributed by atoms with Crippen LogP contribution < -0.4 is 11.1 Å². The van der Waals surface area contributed by atoms with Gasteiger partial charge < -0.3 is 15.5 Å². The minimum Gasteiger partial charge on any atom is -0.461 e. The summed E-state index contributed by atoms with van der Waals surface area (Å²) in [4.78, 5) is 22.7. The van der Waals surface area contributed by atoms with Crippen LogP contribution in [-0.2, 0) is 11.2 Å². The average molecular weight is 479 g/mol. The molecule has 2 aromatic carbocycles. The third-order valence-electron chi connectivity index (χ3n) is 5.96. The van der Waals surface area contributed by atoms with Crippen molar-refractivity contribution in [2.24, 2.45) is 0 Å². The van der Waals surface area contributed by atoms with Crippen molar-refractivity contribution in [3.8, 4) is 11.6 Å². The normalized spacial score (nSPS) is 12.2. The number of benzene rings is 2. The smallest absolute Gasteiger partial charge is 0.249 e. The lowest BCUT2D eigenvalue weighted by molar-refractivity contribution is -0.123. The lowest BCUT2D eigenvalue weighted by Gasteiger charge is -2.18. The second kappa shape index (κ2) is 8.99. The fourth-order valence-electron chi connectivity index (χ4n) is 4.24. The maximum absolute atomic E-state index is 13.5. The number of hydrogen-bond acceptors (Lipinski definition) is 7. The standard InChI is InChI=1S/C26H22N8O2/c27-26-31-24-19(23-30-22(32-34(23)26)20-12-7-15-36-20)16-29-33(24)21(18-10-5-2-6-11-18)25(35)28-14-13-17-8-3-1-4-9-17/h1-12,15-16,21H,13-14H2,(H2,27,31)(H,28,35)/t21-/m0/s1. The van der Waals surface area contributed by atoms with Crippen molar-refractivity contribution in [1.82, 2.24) is 34.7 Å². The van der Waals surface area contributed by atoms with Gasteiger partial charge in [-0.25, -0.2) is 9.67 Å². The summed E-state index contributed by atoms with van der Waals surface area (Å²) in [6, 6.07) is 22.3. The van der Waals surface area contributed by atoms with E-state index in [2.05, 4.69) is 25.5 Å². The number of nitrogens with zero attached hydrogens (tertiary/aromatic N) is 6. The van der Waals surface area contributed by atoms with Crippen LogP contribution in [0.2, 0.25) is 0 Å². The summed E-state index contributed by atoms with van der Waals surface area (Å²) in [5, 5.41) is 12.7. The maximum atomic E-state index is 13.5. The van der Waals surface area contributed by atoms with Gasteiger partial charge in [0.05, 0.1) is 17.8 Å². The number of nitrogen functional groups attached to an aromatic ring is 1. The van der Waals surface area contributed by atoms with E-state index in [0.29, 0.717) is 34.8 Å². The summed E-state index contributed by atoms with van der Waals surface area (Å²) in [6.45, 7) is 0.488. The number of hydrogen-bond donors (Lipinski definition) is 2. The highest BCUT2D eigenvalue weighted by Gasteiger charge is 2.27. The molecule has 0 unspecified atom stereocenters. The molecule has 0 fully saturated rings. The first-order valence-electron chi connectivity index (χ1n) is 11.5. The molecule has 0 saturated heterocycles. The molecule has 178 valence electrons. The molecule has 1 atom stereocenters. The van der Waals surface area contributed by atoms with Crippen molar-refractivity contribution in [2.45, 2.75) is 12.5 Å². The van der Waals surface area contributed by atoms with Gasteiger partial charge in [0.1, 0.15) is 0 Å². The summed E-state index contributed by atoms with van der Waals surface area (Å²) in [5.41, 5.74) is 9.09. The second-order valence-electron chi connectivity index (χ2n) is 8.28. The molecule has 0 aliphatic rings. The van der Waals surface area contributed by atoms with Crippen LogP contribution in [0.3, 0.4) is 0 Å². The van der Waals surface area contributed by atoms with Gasteiger partial charge in [-0.2, -0.15) is 14.6 Å². The van der Waals surface area contributed by atoms with Crippen LogP contribution in [0.5, 0.6) is 0 Å². The molecule has 6 rings (SSSR count). The number of nitrogens with one attached hydrogen (secondary N) is 1. The first-order chi connectivity index (χ1) is 17.7. The number of carbonyl (C=O) groups excluding carboxylic acids is 1. The third-order valence-corrected chi connectivity index (χ3v) is 5.96. The molecule has 10 nitrogen and oxygen atoms in total. The monoisotopic (exact) mass is 478 g/mol. The van der Waals surface area contributed by atoms with Gasteiger partial charge in [0.25, 0.3) is 0 Å². The highest BCUT2D eigenvalue weighted by Crippen LogP contribution is 2.27. The van der Waals surface area contributed by atoms with E-state index in [-0.39, 0.29) is 11.9 Å². The predicted octanol–water partition coefficient (Wildman–Crippen LogP) is 3.26. The Balaban J connectivity index is 1.39. The van der Waals surface area contributed by atoms with E-state index in [1.807, 2.05) is 60.7 Å². The quantitative estimate of drug-likeness (QED) is 0.360. The molecule has 0 bridgehead atoms. The van der Waals surface area contributed by atoms with Gasteiger partial charge >= 0.3 is 0 Å². The largest absolute Gasteiger partial charge is 0.461 e. The van der Waals surface area contributed by atoms with Crippen molar-refractivity contribution >= 4 is 28.5 Å². The van der Waals surface area contributed by atoms with E-state index in [1.165, 1.54) is 4.52 Å². The van der Waals surface area contributed by atoms with Crippen molar-refractivity contribution in [3.63, 3.8) is 0 Å². The summed E-state index contributed by atoms with van der Waals surface area (Å²) < 4.78 is 8.46. The molecule has 0 radical (unpaired) electrons. The first-order valence-corrected chi connectivity index (χ1v) is 11.5. The van der Waals surface area contributed by atoms with Crippen LogP contribution in [0.25, 0.3) is 28.3 Å². The average Bonchev–Trinajstić information content (AvgIpc) is 3.66. The molecule has 1 amide bonds. The Hall–Kier alpha value is -4.99. The van der Waals surface area contributed by atoms with Crippen LogP contribution in [0.4, 0.5) is 5.95 Å². The zero-order valence-electron chi connectivity index (χ0n) is 19.2. The van der Waals surface area contributed by atoms with Crippen molar-refractivity contribution in [1.29, 1.82) is 0 Å². The Morgan fingerprint density at radius 3 is 2.50 bits per heavy atom. The number of furan rings is 1. The van der Waals surface area contributed by atoms with Gasteiger partial charge in [0.15, 0.2) is 23.1 Å². The molecule has 0 saturated carbocycles. The minimum absolute atomic E-state index is 0.126. The predicted molar refractivity (Wildman–Crippen MR) is 134 cm³/mol. The molecule has 0 spiro atoms. The zero-order chi connectivity index (χ0) is 24.5. The second-order valence-corrected chi connectivity index (χ2v) is 8.28.